The highest BCUT2D eigenvalue weighted by atomic mass is 32.2. The summed E-state index contributed by atoms with van der Waals surface area (Å²) >= 11 is 1.48. The minimum absolute atomic E-state index is 0.194. The Kier molecular flexibility index (Phi) is 5.55. The lowest BCUT2D eigenvalue weighted by atomic mass is 10.3. The van der Waals surface area contributed by atoms with E-state index in [-0.39, 0.29) is 11.0 Å². The van der Waals surface area contributed by atoms with Gasteiger partial charge in [0.05, 0.1) is 16.7 Å². The monoisotopic (exact) mass is 391 g/mol. The molecule has 1 aromatic heterocycles. The van der Waals surface area contributed by atoms with Gasteiger partial charge in [-0.25, -0.2) is 4.98 Å². The molecule has 0 radical (unpaired) electrons. The van der Waals surface area contributed by atoms with Crippen LogP contribution in [-0.2, 0) is 17.5 Å². The maximum Gasteiger partial charge on any atom is 0.449 e. The van der Waals surface area contributed by atoms with Gasteiger partial charge in [-0.3, -0.25) is 4.79 Å². The summed E-state index contributed by atoms with van der Waals surface area (Å²) in [4.78, 5) is 16.9. The number of para-hydroxylation sites is 3. The third-order valence-electron chi connectivity index (χ3n) is 3.73. The van der Waals surface area contributed by atoms with Crippen LogP contribution in [-0.4, -0.2) is 21.2 Å². The molecule has 0 bridgehead atoms. The summed E-state index contributed by atoms with van der Waals surface area (Å²) in [7, 11) is 0. The average Bonchev–Trinajstić information content (AvgIpc) is 3.00. The first kappa shape index (κ1) is 19.0. The first-order valence-electron chi connectivity index (χ1n) is 8.05. The van der Waals surface area contributed by atoms with E-state index in [4.69, 9.17) is 0 Å². The molecule has 3 aromatic rings. The fourth-order valence-electron chi connectivity index (χ4n) is 2.63. The number of nitrogens with zero attached hydrogens (tertiary/aromatic N) is 2. The number of hydrogen-bond donors (Lipinski definition) is 1. The molecule has 4 nitrogen and oxygen atoms in total. The van der Waals surface area contributed by atoms with Crippen molar-refractivity contribution in [1.29, 1.82) is 0 Å². The number of alkyl halides is 3. The standard InChI is InChI=1S/C19H16F3N3OS/c1-2-11-27-16-10-6-4-8-14(16)23-17(26)12-25-15-9-5-3-7-13(15)24-18(25)19(20,21)22/h2-10H,1,11-12H2,(H,23,26). The van der Waals surface area contributed by atoms with Gasteiger partial charge in [0.25, 0.3) is 0 Å². The van der Waals surface area contributed by atoms with Crippen molar-refractivity contribution in [3.05, 3.63) is 67.0 Å². The van der Waals surface area contributed by atoms with Gasteiger partial charge in [0.1, 0.15) is 6.54 Å². The second-order valence-electron chi connectivity index (χ2n) is 5.65. The van der Waals surface area contributed by atoms with Crippen LogP contribution in [0.4, 0.5) is 18.9 Å². The van der Waals surface area contributed by atoms with E-state index in [2.05, 4.69) is 16.9 Å². The summed E-state index contributed by atoms with van der Waals surface area (Å²) < 4.78 is 40.9. The third kappa shape index (κ3) is 4.33. The smallest absolute Gasteiger partial charge is 0.324 e. The molecule has 0 saturated carbocycles. The van der Waals surface area contributed by atoms with Gasteiger partial charge in [0.2, 0.25) is 11.7 Å². The Bertz CT molecular complexity index is 982. The van der Waals surface area contributed by atoms with Gasteiger partial charge >= 0.3 is 6.18 Å². The minimum atomic E-state index is -4.66. The van der Waals surface area contributed by atoms with Crippen LogP contribution in [0.2, 0.25) is 0 Å². The number of rotatable bonds is 6. The molecule has 0 fully saturated rings. The Morgan fingerprint density at radius 3 is 2.63 bits per heavy atom. The zero-order chi connectivity index (χ0) is 19.4. The average molecular weight is 391 g/mol. The molecule has 2 aromatic carbocycles. The topological polar surface area (TPSA) is 46.9 Å². The number of benzene rings is 2. The zero-order valence-corrected chi connectivity index (χ0v) is 15.0. The third-order valence-corrected chi connectivity index (χ3v) is 4.80. The van der Waals surface area contributed by atoms with Crippen molar-refractivity contribution in [2.45, 2.75) is 17.6 Å². The van der Waals surface area contributed by atoms with Crippen molar-refractivity contribution in [1.82, 2.24) is 9.55 Å². The van der Waals surface area contributed by atoms with Gasteiger partial charge in [-0.1, -0.05) is 30.3 Å². The number of halogens is 3. The summed E-state index contributed by atoms with van der Waals surface area (Å²) in [6, 6.07) is 13.3. The fourth-order valence-corrected chi connectivity index (χ4v) is 3.38. The first-order valence-corrected chi connectivity index (χ1v) is 9.03. The number of nitrogens with one attached hydrogen (secondary N) is 1. The number of imidazole rings is 1. The summed E-state index contributed by atoms with van der Waals surface area (Å²) in [6.07, 6.45) is -2.92. The second-order valence-corrected chi connectivity index (χ2v) is 6.71. The highest BCUT2D eigenvalue weighted by Crippen LogP contribution is 2.32. The van der Waals surface area contributed by atoms with E-state index in [1.807, 2.05) is 12.1 Å². The Morgan fingerprint density at radius 1 is 1.19 bits per heavy atom. The molecule has 0 atom stereocenters. The summed E-state index contributed by atoms with van der Waals surface area (Å²) in [5.74, 6) is -0.999. The zero-order valence-electron chi connectivity index (χ0n) is 14.2. The minimum Gasteiger partial charge on any atom is -0.324 e. The van der Waals surface area contributed by atoms with Gasteiger partial charge < -0.3 is 9.88 Å². The molecule has 3 rings (SSSR count). The molecule has 140 valence electrons. The summed E-state index contributed by atoms with van der Waals surface area (Å²) in [5, 5.41) is 2.69. The first-order chi connectivity index (χ1) is 12.9. The molecule has 0 aliphatic carbocycles. The summed E-state index contributed by atoms with van der Waals surface area (Å²) in [6.45, 7) is 3.16. The Balaban J connectivity index is 1.88. The number of amides is 1. The molecule has 0 aliphatic heterocycles. The molecule has 1 heterocycles. The molecule has 8 heteroatoms. The maximum atomic E-state index is 13.3. The number of fused-ring (bicyclic) bond motifs is 1. The maximum absolute atomic E-state index is 13.3. The largest absolute Gasteiger partial charge is 0.449 e. The van der Waals surface area contributed by atoms with E-state index in [0.717, 1.165) is 9.46 Å². The lowest BCUT2D eigenvalue weighted by Crippen LogP contribution is -2.23. The molecular formula is C19H16F3N3OS. The Hall–Kier alpha value is -2.74. The van der Waals surface area contributed by atoms with Crippen LogP contribution in [0.25, 0.3) is 11.0 Å². The number of hydrogen-bond acceptors (Lipinski definition) is 3. The molecule has 0 aliphatic rings. The SMILES string of the molecule is C=CCSc1ccccc1NC(=O)Cn1c(C(F)(F)F)nc2ccccc21. The molecule has 1 N–H and O–H groups in total. The van der Waals surface area contributed by atoms with Crippen molar-refractivity contribution in [2.24, 2.45) is 0 Å². The highest BCUT2D eigenvalue weighted by molar-refractivity contribution is 7.99. The molecule has 0 saturated heterocycles. The lowest BCUT2D eigenvalue weighted by molar-refractivity contribution is -0.147. The number of carbonyl (C=O) groups excluding carboxylic acids is 1. The van der Waals surface area contributed by atoms with E-state index in [9.17, 15) is 18.0 Å². The van der Waals surface area contributed by atoms with Crippen LogP contribution in [0.15, 0.2) is 66.1 Å². The van der Waals surface area contributed by atoms with Crippen LogP contribution in [0.3, 0.4) is 0 Å². The van der Waals surface area contributed by atoms with Crippen LogP contribution in [0, 0.1) is 0 Å². The van der Waals surface area contributed by atoms with Crippen LogP contribution in [0.5, 0.6) is 0 Å². The highest BCUT2D eigenvalue weighted by Gasteiger charge is 2.38. The predicted octanol–water partition coefficient (Wildman–Crippen LogP) is 4.97. The van der Waals surface area contributed by atoms with Crippen molar-refractivity contribution in [2.75, 3.05) is 11.1 Å². The number of anilines is 1. The second kappa shape index (κ2) is 7.87. The number of aromatic nitrogens is 2. The normalized spacial score (nSPS) is 11.5. The lowest BCUT2D eigenvalue weighted by Gasteiger charge is -2.13. The molecular weight excluding hydrogens is 375 g/mol. The van der Waals surface area contributed by atoms with Gasteiger partial charge in [-0.15, -0.1) is 18.3 Å². The van der Waals surface area contributed by atoms with Gasteiger partial charge in [-0.2, -0.15) is 13.2 Å². The fraction of sp³-hybridized carbons (Fsp3) is 0.158. The van der Waals surface area contributed by atoms with E-state index in [1.54, 1.807) is 30.3 Å². The molecule has 1 amide bonds. The van der Waals surface area contributed by atoms with E-state index < -0.39 is 24.5 Å². The summed E-state index contributed by atoms with van der Waals surface area (Å²) in [5.41, 5.74) is 1.00. The van der Waals surface area contributed by atoms with Crippen molar-refractivity contribution < 1.29 is 18.0 Å². The van der Waals surface area contributed by atoms with E-state index in [0.29, 0.717) is 11.4 Å². The van der Waals surface area contributed by atoms with Crippen LogP contribution < -0.4 is 5.32 Å². The van der Waals surface area contributed by atoms with Crippen molar-refractivity contribution in [3.63, 3.8) is 0 Å². The van der Waals surface area contributed by atoms with Gasteiger partial charge in [0.15, 0.2) is 0 Å². The van der Waals surface area contributed by atoms with Gasteiger partial charge in [-0.05, 0) is 24.3 Å². The Morgan fingerprint density at radius 2 is 1.89 bits per heavy atom. The van der Waals surface area contributed by atoms with Crippen LogP contribution >= 0.6 is 11.8 Å². The van der Waals surface area contributed by atoms with Gasteiger partial charge in [0, 0.05) is 10.6 Å². The molecule has 27 heavy (non-hydrogen) atoms. The number of carbonyl (C=O) groups is 1. The van der Waals surface area contributed by atoms with Crippen molar-refractivity contribution in [3.8, 4) is 0 Å². The van der Waals surface area contributed by atoms with Crippen LogP contribution in [0.1, 0.15) is 5.82 Å². The quantitative estimate of drug-likeness (QED) is 0.477. The van der Waals surface area contributed by atoms with Crippen molar-refractivity contribution >= 4 is 34.4 Å². The molecule has 0 unspecified atom stereocenters. The van der Waals surface area contributed by atoms with E-state index >= 15 is 0 Å². The number of thioether (sulfide) groups is 1. The predicted molar refractivity (Wildman–Crippen MR) is 101 cm³/mol. The molecule has 0 spiro atoms. The Labute approximate surface area is 158 Å². The van der Waals surface area contributed by atoms with E-state index in [1.165, 1.54) is 23.9 Å².